The second-order valence-electron chi connectivity index (χ2n) is 7.64. The zero-order valence-corrected chi connectivity index (χ0v) is 18.6. The van der Waals surface area contributed by atoms with Crippen LogP contribution in [-0.4, -0.2) is 50.5 Å². The van der Waals surface area contributed by atoms with E-state index in [1.165, 1.54) is 0 Å². The van der Waals surface area contributed by atoms with Crippen LogP contribution in [0.25, 0.3) is 33.2 Å². The number of hydrogen-bond donors (Lipinski definition) is 2. The number of nitrogens with zero attached hydrogens (tertiary/aromatic N) is 5. The van der Waals surface area contributed by atoms with Crippen LogP contribution in [0.3, 0.4) is 0 Å². The topological polar surface area (TPSA) is 79.1 Å². The lowest BCUT2D eigenvalue weighted by Crippen LogP contribution is -2.50. The lowest BCUT2D eigenvalue weighted by atomic mass is 10.1. The minimum atomic E-state index is 0.180. The Kier molecular flexibility index (Phi) is 6.04. The van der Waals surface area contributed by atoms with Gasteiger partial charge in [-0.05, 0) is 36.8 Å². The Hall–Kier alpha value is -3.19. The summed E-state index contributed by atoms with van der Waals surface area (Å²) in [7, 11) is 1.87. The van der Waals surface area contributed by atoms with E-state index in [1.807, 2.05) is 57.4 Å². The van der Waals surface area contributed by atoms with Crippen molar-refractivity contribution in [1.82, 2.24) is 25.1 Å². The highest BCUT2D eigenvalue weighted by molar-refractivity contribution is 5.88. The predicted octanol–water partition coefficient (Wildman–Crippen LogP) is 4.10. The fraction of sp³-hybridized carbons (Fsp3) is 0.375. The van der Waals surface area contributed by atoms with E-state index in [4.69, 9.17) is 9.97 Å². The third-order valence-corrected chi connectivity index (χ3v) is 5.61. The standard InChI is InChI=1S/C22H24N6O.C2H6/c1-3-15-13-28(9-8-23-15)22-7-6-18-19(25-22)5-4-17(24-18)16-10-14-12-27(2)26-20(14)11-21(16)29;1-2/h4-7,10-12,15,23,29H,3,8-9,13H2,1-2H3;1-2H3. The summed E-state index contributed by atoms with van der Waals surface area (Å²) in [5.41, 5.74) is 3.87. The van der Waals surface area contributed by atoms with Crippen molar-refractivity contribution in [3.8, 4) is 17.0 Å². The fourth-order valence-electron chi connectivity index (χ4n) is 4.02. The summed E-state index contributed by atoms with van der Waals surface area (Å²) in [6.07, 6.45) is 3.05. The maximum Gasteiger partial charge on any atom is 0.129 e. The first kappa shape index (κ1) is 21.1. The number of hydrogen-bond acceptors (Lipinski definition) is 6. The number of anilines is 1. The quantitative estimate of drug-likeness (QED) is 0.521. The van der Waals surface area contributed by atoms with Crippen LogP contribution in [0, 0.1) is 0 Å². The van der Waals surface area contributed by atoms with E-state index >= 15 is 0 Å². The smallest absolute Gasteiger partial charge is 0.129 e. The number of aromatic hydroxyl groups is 1. The van der Waals surface area contributed by atoms with E-state index in [-0.39, 0.29) is 5.75 Å². The van der Waals surface area contributed by atoms with Gasteiger partial charge in [0.2, 0.25) is 0 Å². The molecule has 2 N–H and O–H groups in total. The second kappa shape index (κ2) is 8.89. The highest BCUT2D eigenvalue weighted by atomic mass is 16.3. The van der Waals surface area contributed by atoms with Gasteiger partial charge in [-0.1, -0.05) is 20.8 Å². The van der Waals surface area contributed by atoms with E-state index in [9.17, 15) is 5.11 Å². The Morgan fingerprint density at radius 1 is 1.06 bits per heavy atom. The van der Waals surface area contributed by atoms with Gasteiger partial charge >= 0.3 is 0 Å². The van der Waals surface area contributed by atoms with Crippen LogP contribution in [0.15, 0.2) is 42.6 Å². The summed E-state index contributed by atoms with van der Waals surface area (Å²) in [5.74, 6) is 1.17. The maximum atomic E-state index is 10.5. The van der Waals surface area contributed by atoms with Gasteiger partial charge in [0.05, 0.1) is 22.2 Å². The molecule has 4 heterocycles. The van der Waals surface area contributed by atoms with Gasteiger partial charge in [-0.3, -0.25) is 4.68 Å². The maximum absolute atomic E-state index is 10.5. The molecule has 0 saturated carbocycles. The summed E-state index contributed by atoms with van der Waals surface area (Å²) in [5, 5.41) is 19.3. The molecule has 162 valence electrons. The number of fused-ring (bicyclic) bond motifs is 2. The normalized spacial score (nSPS) is 16.4. The van der Waals surface area contributed by atoms with Crippen LogP contribution in [0.2, 0.25) is 0 Å². The third kappa shape index (κ3) is 4.18. The number of phenolic OH excluding ortho intramolecular Hbond substituents is 1. The van der Waals surface area contributed by atoms with Gasteiger partial charge in [0.15, 0.2) is 0 Å². The van der Waals surface area contributed by atoms with Crippen molar-refractivity contribution in [3.63, 3.8) is 0 Å². The molecule has 1 aliphatic rings. The minimum Gasteiger partial charge on any atom is -0.507 e. The van der Waals surface area contributed by atoms with Gasteiger partial charge in [0.1, 0.15) is 11.6 Å². The Morgan fingerprint density at radius 3 is 2.65 bits per heavy atom. The SMILES string of the molecule is CC.CCC1CN(c2ccc3nc(-c4cc5cn(C)nc5cc4O)ccc3n2)CCN1. The number of phenols is 1. The van der Waals surface area contributed by atoms with Crippen molar-refractivity contribution in [2.24, 2.45) is 7.05 Å². The van der Waals surface area contributed by atoms with Crippen LogP contribution >= 0.6 is 0 Å². The summed E-state index contributed by atoms with van der Waals surface area (Å²) < 4.78 is 1.74. The average Bonchev–Trinajstić information content (AvgIpc) is 3.18. The van der Waals surface area contributed by atoms with Gasteiger partial charge in [0, 0.05) is 55.9 Å². The molecule has 0 spiro atoms. The number of nitrogens with one attached hydrogen (secondary N) is 1. The summed E-state index contributed by atoms with van der Waals surface area (Å²) in [4.78, 5) is 11.9. The Morgan fingerprint density at radius 2 is 1.84 bits per heavy atom. The Bertz CT molecular complexity index is 1200. The van der Waals surface area contributed by atoms with Crippen LogP contribution in [-0.2, 0) is 7.05 Å². The summed E-state index contributed by atoms with van der Waals surface area (Å²) in [6, 6.07) is 12.1. The molecule has 5 rings (SSSR count). The average molecular weight is 419 g/mol. The number of piperazine rings is 1. The number of benzene rings is 1. The summed E-state index contributed by atoms with van der Waals surface area (Å²) in [6.45, 7) is 9.11. The molecular formula is C24H30N6O. The van der Waals surface area contributed by atoms with E-state index in [0.717, 1.165) is 59.5 Å². The predicted molar refractivity (Wildman–Crippen MR) is 127 cm³/mol. The molecule has 1 aromatic carbocycles. The molecule has 1 atom stereocenters. The van der Waals surface area contributed by atoms with E-state index in [1.54, 1.807) is 10.7 Å². The largest absolute Gasteiger partial charge is 0.507 e. The number of aryl methyl sites for hydroxylation is 1. The van der Waals surface area contributed by atoms with Crippen LogP contribution in [0.4, 0.5) is 5.82 Å². The minimum absolute atomic E-state index is 0.180. The van der Waals surface area contributed by atoms with Gasteiger partial charge < -0.3 is 15.3 Å². The van der Waals surface area contributed by atoms with Crippen LogP contribution in [0.1, 0.15) is 27.2 Å². The van der Waals surface area contributed by atoms with Crippen molar-refractivity contribution in [1.29, 1.82) is 0 Å². The van der Waals surface area contributed by atoms with Crippen molar-refractivity contribution in [2.45, 2.75) is 33.2 Å². The first-order valence-electron chi connectivity index (χ1n) is 11.0. The second-order valence-corrected chi connectivity index (χ2v) is 7.64. The first-order valence-corrected chi connectivity index (χ1v) is 11.0. The molecule has 0 bridgehead atoms. The van der Waals surface area contributed by atoms with Crippen molar-refractivity contribution < 1.29 is 5.11 Å². The van der Waals surface area contributed by atoms with Crippen molar-refractivity contribution in [3.05, 3.63) is 42.6 Å². The molecule has 31 heavy (non-hydrogen) atoms. The van der Waals surface area contributed by atoms with E-state index in [2.05, 4.69) is 22.2 Å². The van der Waals surface area contributed by atoms with Gasteiger partial charge in [-0.2, -0.15) is 5.10 Å². The molecule has 0 amide bonds. The van der Waals surface area contributed by atoms with Gasteiger partial charge in [0.25, 0.3) is 0 Å². The third-order valence-electron chi connectivity index (χ3n) is 5.61. The summed E-state index contributed by atoms with van der Waals surface area (Å²) >= 11 is 0. The molecule has 0 radical (unpaired) electrons. The highest BCUT2D eigenvalue weighted by Gasteiger charge is 2.19. The fourth-order valence-corrected chi connectivity index (χ4v) is 4.02. The Balaban J connectivity index is 0.00000112. The first-order chi connectivity index (χ1) is 15.1. The molecule has 7 heteroatoms. The molecular weight excluding hydrogens is 388 g/mol. The molecule has 4 aromatic rings. The lowest BCUT2D eigenvalue weighted by molar-refractivity contribution is 0.445. The molecule has 0 aliphatic carbocycles. The molecule has 1 fully saturated rings. The van der Waals surface area contributed by atoms with Gasteiger partial charge in [-0.25, -0.2) is 9.97 Å². The highest BCUT2D eigenvalue weighted by Crippen LogP contribution is 2.33. The molecule has 7 nitrogen and oxygen atoms in total. The monoisotopic (exact) mass is 418 g/mol. The van der Waals surface area contributed by atoms with Gasteiger partial charge in [-0.15, -0.1) is 0 Å². The van der Waals surface area contributed by atoms with Crippen molar-refractivity contribution >= 4 is 27.8 Å². The van der Waals surface area contributed by atoms with Crippen LogP contribution < -0.4 is 10.2 Å². The Labute approximate surface area is 182 Å². The lowest BCUT2D eigenvalue weighted by Gasteiger charge is -2.34. The molecule has 1 unspecified atom stereocenters. The van der Waals surface area contributed by atoms with E-state index < -0.39 is 0 Å². The number of aromatic nitrogens is 4. The zero-order chi connectivity index (χ0) is 22.0. The van der Waals surface area contributed by atoms with Crippen molar-refractivity contribution in [2.75, 3.05) is 24.5 Å². The zero-order valence-electron chi connectivity index (χ0n) is 18.6. The molecule has 3 aromatic heterocycles. The molecule has 1 saturated heterocycles. The van der Waals surface area contributed by atoms with Crippen LogP contribution in [0.5, 0.6) is 5.75 Å². The number of pyridine rings is 2. The number of rotatable bonds is 3. The van der Waals surface area contributed by atoms with E-state index in [0.29, 0.717) is 11.6 Å². The molecule has 1 aliphatic heterocycles.